The van der Waals surface area contributed by atoms with Crippen LogP contribution in [0.3, 0.4) is 0 Å². The summed E-state index contributed by atoms with van der Waals surface area (Å²) in [6.07, 6.45) is 1.87. The molecular formula is C21H21N3O3S. The van der Waals surface area contributed by atoms with Crippen molar-refractivity contribution in [2.24, 2.45) is 7.05 Å². The van der Waals surface area contributed by atoms with Crippen molar-refractivity contribution in [3.63, 3.8) is 0 Å². The molecule has 28 heavy (non-hydrogen) atoms. The number of amides is 1. The molecule has 144 valence electrons. The fourth-order valence-electron chi connectivity index (χ4n) is 2.94. The quantitative estimate of drug-likeness (QED) is 0.624. The van der Waals surface area contributed by atoms with Crippen LogP contribution < -0.4 is 5.32 Å². The van der Waals surface area contributed by atoms with E-state index in [9.17, 15) is 14.4 Å². The summed E-state index contributed by atoms with van der Waals surface area (Å²) in [7, 11) is 1.74. The van der Waals surface area contributed by atoms with Crippen molar-refractivity contribution in [1.29, 1.82) is 0 Å². The number of thiophene rings is 1. The van der Waals surface area contributed by atoms with Crippen molar-refractivity contribution in [1.82, 2.24) is 15.1 Å². The molecule has 0 spiro atoms. The third-order valence-corrected chi connectivity index (χ3v) is 5.31. The normalized spacial score (nSPS) is 11.8. The number of aromatic nitrogens is 2. The highest BCUT2D eigenvalue weighted by Gasteiger charge is 2.27. The molecule has 0 radical (unpaired) electrons. The number of nitrogens with one attached hydrogen (secondary N) is 1. The van der Waals surface area contributed by atoms with Crippen LogP contribution in [0.25, 0.3) is 10.6 Å². The summed E-state index contributed by atoms with van der Waals surface area (Å²) in [6, 6.07) is 12.2. The molecule has 0 aliphatic heterocycles. The van der Waals surface area contributed by atoms with Crippen LogP contribution in [0.1, 0.15) is 27.7 Å². The number of hydrogen-bond acceptors (Lipinski definition) is 5. The van der Waals surface area contributed by atoms with Crippen LogP contribution in [0.2, 0.25) is 0 Å². The molecule has 0 saturated heterocycles. The van der Waals surface area contributed by atoms with Gasteiger partial charge in [0, 0.05) is 31.5 Å². The van der Waals surface area contributed by atoms with E-state index in [-0.39, 0.29) is 6.42 Å². The van der Waals surface area contributed by atoms with E-state index in [1.807, 2.05) is 49.4 Å². The number of hydrogen-bond donors (Lipinski definition) is 1. The van der Waals surface area contributed by atoms with Gasteiger partial charge in [-0.2, -0.15) is 5.10 Å². The highest BCUT2D eigenvalue weighted by Crippen LogP contribution is 2.29. The highest BCUT2D eigenvalue weighted by molar-refractivity contribution is 7.15. The lowest BCUT2D eigenvalue weighted by Gasteiger charge is -2.16. The molecule has 0 saturated carbocycles. The average Bonchev–Trinajstić information content (AvgIpc) is 3.26. The van der Waals surface area contributed by atoms with Crippen LogP contribution in [0.15, 0.2) is 48.7 Å². The van der Waals surface area contributed by atoms with Crippen molar-refractivity contribution in [2.75, 3.05) is 0 Å². The van der Waals surface area contributed by atoms with Gasteiger partial charge in [-0.15, -0.1) is 11.3 Å². The number of carbonyl (C=O) groups is 3. The molecule has 0 fully saturated rings. The minimum atomic E-state index is -0.925. The first-order valence-electron chi connectivity index (χ1n) is 8.85. The van der Waals surface area contributed by atoms with E-state index in [4.69, 9.17) is 0 Å². The smallest absolute Gasteiger partial charge is 0.255 e. The summed E-state index contributed by atoms with van der Waals surface area (Å²) in [5, 5.41) is 7.14. The maximum absolute atomic E-state index is 13.0. The molecule has 3 aromatic rings. The van der Waals surface area contributed by atoms with Gasteiger partial charge in [-0.3, -0.25) is 19.1 Å². The minimum absolute atomic E-state index is 0.249. The van der Waals surface area contributed by atoms with Gasteiger partial charge in [0.05, 0.1) is 16.5 Å². The monoisotopic (exact) mass is 395 g/mol. The number of benzene rings is 1. The fourth-order valence-corrected chi connectivity index (χ4v) is 3.81. The standard InChI is InChI=1S/C21H21N3O3S/c1-13-9-10-18(28-13)19-16(12-24(3)23-19)21(27)22-17(20(26)14(2)25)11-15-7-5-4-6-8-15/h4-10,12,17H,11H2,1-3H3,(H,22,27). The summed E-state index contributed by atoms with van der Waals surface area (Å²) >= 11 is 1.54. The van der Waals surface area contributed by atoms with E-state index in [1.165, 1.54) is 6.92 Å². The SMILES string of the molecule is CC(=O)C(=O)C(Cc1ccccc1)NC(=O)c1cn(C)nc1-c1ccc(C)s1. The number of Topliss-reactive ketones (excluding diaryl/α,β-unsaturated/α-hetero) is 2. The lowest BCUT2D eigenvalue weighted by atomic mass is 10.00. The highest BCUT2D eigenvalue weighted by atomic mass is 32.1. The minimum Gasteiger partial charge on any atom is -0.341 e. The maximum Gasteiger partial charge on any atom is 0.255 e. The zero-order valence-corrected chi connectivity index (χ0v) is 16.7. The van der Waals surface area contributed by atoms with Crippen LogP contribution in [0, 0.1) is 6.92 Å². The summed E-state index contributed by atoms with van der Waals surface area (Å²) in [4.78, 5) is 39.0. The second kappa shape index (κ2) is 8.31. The second-order valence-corrected chi connectivity index (χ2v) is 7.90. The Morgan fingerprint density at radius 1 is 1.14 bits per heavy atom. The first-order valence-corrected chi connectivity index (χ1v) is 9.67. The predicted molar refractivity (Wildman–Crippen MR) is 108 cm³/mol. The Morgan fingerprint density at radius 3 is 2.46 bits per heavy atom. The molecule has 6 nitrogen and oxygen atoms in total. The van der Waals surface area contributed by atoms with Crippen LogP contribution in [-0.2, 0) is 23.1 Å². The molecule has 7 heteroatoms. The van der Waals surface area contributed by atoms with Crippen LogP contribution in [0.4, 0.5) is 0 Å². The molecule has 0 bridgehead atoms. The Balaban J connectivity index is 1.88. The first kappa shape index (κ1) is 19.7. The lowest BCUT2D eigenvalue weighted by molar-refractivity contribution is -0.136. The number of rotatable bonds is 7. The molecule has 2 heterocycles. The Labute approximate surface area is 167 Å². The molecule has 0 aliphatic carbocycles. The molecule has 0 aliphatic rings. The number of ketones is 2. The maximum atomic E-state index is 13.0. The molecule has 2 aromatic heterocycles. The van der Waals surface area contributed by atoms with Gasteiger partial charge in [0.1, 0.15) is 5.69 Å². The second-order valence-electron chi connectivity index (χ2n) is 6.61. The van der Waals surface area contributed by atoms with Gasteiger partial charge in [-0.05, 0) is 24.6 Å². The van der Waals surface area contributed by atoms with E-state index in [0.29, 0.717) is 11.3 Å². The first-order chi connectivity index (χ1) is 13.3. The lowest BCUT2D eigenvalue weighted by Crippen LogP contribution is -2.44. The molecule has 1 aromatic carbocycles. The van der Waals surface area contributed by atoms with Gasteiger partial charge >= 0.3 is 0 Å². The largest absolute Gasteiger partial charge is 0.341 e. The van der Waals surface area contributed by atoms with Gasteiger partial charge in [-0.25, -0.2) is 0 Å². The number of nitrogens with zero attached hydrogens (tertiary/aromatic N) is 2. The van der Waals surface area contributed by atoms with E-state index < -0.39 is 23.5 Å². The predicted octanol–water partition coefficient (Wildman–Crippen LogP) is 2.96. The number of carbonyl (C=O) groups excluding carboxylic acids is 3. The zero-order chi connectivity index (χ0) is 20.3. The molecule has 1 N–H and O–H groups in total. The molecule has 1 atom stereocenters. The summed E-state index contributed by atoms with van der Waals surface area (Å²) in [5.74, 6) is -1.62. The van der Waals surface area contributed by atoms with E-state index >= 15 is 0 Å². The Bertz CT molecular complexity index is 1020. The van der Waals surface area contributed by atoms with Crippen LogP contribution >= 0.6 is 11.3 Å². The summed E-state index contributed by atoms with van der Waals surface area (Å²) < 4.78 is 1.57. The topological polar surface area (TPSA) is 81.1 Å². The van der Waals surface area contributed by atoms with E-state index in [0.717, 1.165) is 15.3 Å². The average molecular weight is 395 g/mol. The van der Waals surface area contributed by atoms with Crippen LogP contribution in [-0.4, -0.2) is 33.3 Å². The van der Waals surface area contributed by atoms with Crippen molar-refractivity contribution in [3.05, 3.63) is 64.7 Å². The molecule has 1 unspecified atom stereocenters. The van der Waals surface area contributed by atoms with Gasteiger partial charge < -0.3 is 5.32 Å². The third kappa shape index (κ3) is 4.43. The van der Waals surface area contributed by atoms with Crippen LogP contribution in [0.5, 0.6) is 0 Å². The van der Waals surface area contributed by atoms with Crippen molar-refractivity contribution in [2.45, 2.75) is 26.3 Å². The van der Waals surface area contributed by atoms with Gasteiger partial charge in [0.25, 0.3) is 5.91 Å². The van der Waals surface area contributed by atoms with Crippen molar-refractivity contribution >= 4 is 28.8 Å². The summed E-state index contributed by atoms with van der Waals surface area (Å²) in [5.41, 5.74) is 1.80. The van der Waals surface area contributed by atoms with E-state index in [2.05, 4.69) is 10.4 Å². The van der Waals surface area contributed by atoms with Gasteiger partial charge in [0.2, 0.25) is 5.78 Å². The van der Waals surface area contributed by atoms with Gasteiger partial charge in [0.15, 0.2) is 5.78 Å². The third-order valence-electron chi connectivity index (χ3n) is 4.30. The Morgan fingerprint density at radius 2 is 1.86 bits per heavy atom. The van der Waals surface area contributed by atoms with Gasteiger partial charge in [-0.1, -0.05) is 30.3 Å². The molecule has 1 amide bonds. The van der Waals surface area contributed by atoms with E-state index in [1.54, 1.807) is 29.3 Å². The Hall–Kier alpha value is -3.06. The number of aryl methyl sites for hydroxylation is 2. The van der Waals surface area contributed by atoms with Crippen molar-refractivity contribution < 1.29 is 14.4 Å². The summed E-state index contributed by atoms with van der Waals surface area (Å²) in [6.45, 7) is 3.20. The fraction of sp³-hybridized carbons (Fsp3) is 0.238. The Kier molecular flexibility index (Phi) is 5.84. The molecular weight excluding hydrogens is 374 g/mol. The van der Waals surface area contributed by atoms with Crippen molar-refractivity contribution in [3.8, 4) is 10.6 Å². The molecule has 3 rings (SSSR count). The zero-order valence-electron chi connectivity index (χ0n) is 15.9.